The molecule has 0 nitrogen and oxygen atoms in total. The Morgan fingerprint density at radius 3 is 2.11 bits per heavy atom. The van der Waals surface area contributed by atoms with Gasteiger partial charge in [0, 0.05) is 0 Å². The SMILES string of the molecule is CC(C)c1ccc([C](C2CCCC2)=[Hf]([Cl])[Cl])cc1. The van der Waals surface area contributed by atoms with E-state index in [0.29, 0.717) is 11.8 Å². The van der Waals surface area contributed by atoms with E-state index >= 15 is 0 Å². The van der Waals surface area contributed by atoms with Gasteiger partial charge in [-0.25, -0.2) is 0 Å². The summed E-state index contributed by atoms with van der Waals surface area (Å²) >= 11 is -2.47. The van der Waals surface area contributed by atoms with Crippen LogP contribution >= 0.6 is 17.2 Å². The summed E-state index contributed by atoms with van der Waals surface area (Å²) in [6.45, 7) is 4.45. The summed E-state index contributed by atoms with van der Waals surface area (Å²) in [6.07, 6.45) is 5.25. The Morgan fingerprint density at radius 1 is 1.11 bits per heavy atom. The Bertz CT molecular complexity index is 424. The summed E-state index contributed by atoms with van der Waals surface area (Å²) < 4.78 is 1.44. The molecule has 0 N–H and O–H groups in total. The van der Waals surface area contributed by atoms with Crippen molar-refractivity contribution in [2.24, 2.45) is 5.92 Å². The molecule has 1 fully saturated rings. The Morgan fingerprint density at radius 2 is 1.67 bits per heavy atom. The Balaban J connectivity index is 2.29. The van der Waals surface area contributed by atoms with Crippen molar-refractivity contribution < 1.29 is 18.6 Å². The molecule has 1 aromatic carbocycles. The van der Waals surface area contributed by atoms with Crippen LogP contribution in [0.25, 0.3) is 0 Å². The molecule has 98 valence electrons. The summed E-state index contributed by atoms with van der Waals surface area (Å²) in [5.74, 6) is 1.26. The third-order valence-corrected chi connectivity index (χ3v) is 11.2. The van der Waals surface area contributed by atoms with Crippen molar-refractivity contribution in [2.45, 2.75) is 45.4 Å². The van der Waals surface area contributed by atoms with E-state index in [1.807, 2.05) is 0 Å². The predicted octanol–water partition coefficient (Wildman–Crippen LogP) is 5.45. The van der Waals surface area contributed by atoms with Crippen molar-refractivity contribution >= 4 is 20.4 Å². The van der Waals surface area contributed by atoms with E-state index in [-0.39, 0.29) is 0 Å². The van der Waals surface area contributed by atoms with Gasteiger partial charge in [-0.15, -0.1) is 0 Å². The molecule has 18 heavy (non-hydrogen) atoms. The van der Waals surface area contributed by atoms with Gasteiger partial charge >= 0.3 is 126 Å². The molecule has 1 aromatic rings. The average molecular weight is 450 g/mol. The van der Waals surface area contributed by atoms with Gasteiger partial charge in [0.25, 0.3) is 0 Å². The summed E-state index contributed by atoms with van der Waals surface area (Å²) in [6, 6.07) is 8.94. The molecule has 0 aliphatic heterocycles. The summed E-state index contributed by atoms with van der Waals surface area (Å²) in [7, 11) is 12.8. The topological polar surface area (TPSA) is 0 Å². The van der Waals surface area contributed by atoms with E-state index in [9.17, 15) is 0 Å². The van der Waals surface area contributed by atoms with Gasteiger partial charge in [-0.1, -0.05) is 0 Å². The van der Waals surface area contributed by atoms with Crippen LogP contribution in [-0.2, 0) is 18.6 Å². The second kappa shape index (κ2) is 6.81. The van der Waals surface area contributed by atoms with Crippen LogP contribution in [0.15, 0.2) is 24.3 Å². The zero-order chi connectivity index (χ0) is 13.1. The molecule has 1 aliphatic carbocycles. The first-order chi connectivity index (χ1) is 8.59. The zero-order valence-electron chi connectivity index (χ0n) is 11.0. The van der Waals surface area contributed by atoms with Crippen LogP contribution < -0.4 is 0 Å². The molecule has 0 heterocycles. The molecule has 0 spiro atoms. The van der Waals surface area contributed by atoms with Gasteiger partial charge in [-0.2, -0.15) is 0 Å². The molecule has 0 unspecified atom stereocenters. The minimum absolute atomic E-state index is 0.584. The van der Waals surface area contributed by atoms with Crippen molar-refractivity contribution in [3.05, 3.63) is 35.4 Å². The van der Waals surface area contributed by atoms with Crippen molar-refractivity contribution in [3.63, 3.8) is 0 Å². The number of hydrogen-bond acceptors (Lipinski definition) is 0. The Kier molecular flexibility index (Phi) is 5.65. The van der Waals surface area contributed by atoms with Crippen molar-refractivity contribution in [2.75, 3.05) is 0 Å². The van der Waals surface area contributed by atoms with E-state index in [4.69, 9.17) is 17.2 Å². The second-order valence-corrected chi connectivity index (χ2v) is 17.0. The number of rotatable bonds is 3. The monoisotopic (exact) mass is 450 g/mol. The fraction of sp³-hybridized carbons (Fsp3) is 0.533. The molecule has 3 heteroatoms. The molecule has 1 aliphatic rings. The van der Waals surface area contributed by atoms with Gasteiger partial charge in [0.2, 0.25) is 0 Å². The first kappa shape index (κ1) is 14.9. The van der Waals surface area contributed by atoms with Crippen LogP contribution in [-0.4, -0.2) is 3.26 Å². The number of hydrogen-bond donors (Lipinski definition) is 0. The summed E-state index contributed by atoms with van der Waals surface area (Å²) in [4.78, 5) is 0. The fourth-order valence-electron chi connectivity index (χ4n) is 2.76. The van der Waals surface area contributed by atoms with Gasteiger partial charge < -0.3 is 0 Å². The first-order valence-electron chi connectivity index (χ1n) is 6.75. The minimum atomic E-state index is -2.47. The van der Waals surface area contributed by atoms with Crippen LogP contribution in [0.3, 0.4) is 0 Å². The molecule has 0 atom stereocenters. The number of halogens is 2. The van der Waals surface area contributed by atoms with Crippen LogP contribution in [0.1, 0.15) is 56.6 Å². The quantitative estimate of drug-likeness (QED) is 0.539. The van der Waals surface area contributed by atoms with E-state index < -0.39 is 18.6 Å². The summed E-state index contributed by atoms with van der Waals surface area (Å²) in [5.41, 5.74) is 2.71. The summed E-state index contributed by atoms with van der Waals surface area (Å²) in [5, 5.41) is 0. The standard InChI is InChI=1S/C15H20.2ClH.Hf/c1-12(2)15-9-7-14(8-10-15)11-13-5-3-4-6-13;;;/h7-10,12-13H,3-6H2,1-2H3;2*1H;/q;;;+2/p-2. The Labute approximate surface area is 125 Å². The van der Waals surface area contributed by atoms with Crippen molar-refractivity contribution in [1.82, 2.24) is 0 Å². The number of benzene rings is 1. The average Bonchev–Trinajstić information content (AvgIpc) is 2.83. The fourth-order valence-corrected chi connectivity index (χ4v) is 10.6. The maximum absolute atomic E-state index is 6.40. The molecule has 0 aromatic heterocycles. The van der Waals surface area contributed by atoms with E-state index in [2.05, 4.69) is 38.1 Å². The molecule has 0 bridgehead atoms. The first-order valence-corrected chi connectivity index (χ1v) is 17.4. The van der Waals surface area contributed by atoms with Gasteiger partial charge in [0.1, 0.15) is 0 Å². The molecule has 2 rings (SSSR count). The van der Waals surface area contributed by atoms with Crippen LogP contribution in [0.2, 0.25) is 0 Å². The van der Waals surface area contributed by atoms with Crippen LogP contribution in [0.4, 0.5) is 0 Å². The van der Waals surface area contributed by atoms with Crippen molar-refractivity contribution in [3.8, 4) is 0 Å². The normalized spacial score (nSPS) is 16.3. The van der Waals surface area contributed by atoms with Gasteiger partial charge in [0.15, 0.2) is 0 Å². The second-order valence-electron chi connectivity index (χ2n) is 5.43. The van der Waals surface area contributed by atoms with Gasteiger partial charge in [-0.3, -0.25) is 0 Å². The molecular formula is C15H20Cl2Hf. The third kappa shape index (κ3) is 3.55. The van der Waals surface area contributed by atoms with Gasteiger partial charge in [-0.05, 0) is 0 Å². The van der Waals surface area contributed by atoms with Gasteiger partial charge in [0.05, 0.1) is 0 Å². The zero-order valence-corrected chi connectivity index (χ0v) is 16.2. The third-order valence-electron chi connectivity index (χ3n) is 3.86. The van der Waals surface area contributed by atoms with E-state index in [0.717, 1.165) is 0 Å². The van der Waals surface area contributed by atoms with E-state index in [1.165, 1.54) is 40.1 Å². The molecule has 0 saturated heterocycles. The van der Waals surface area contributed by atoms with Crippen LogP contribution in [0, 0.1) is 5.92 Å². The molecule has 0 amide bonds. The molecule has 0 radical (unpaired) electrons. The van der Waals surface area contributed by atoms with Crippen LogP contribution in [0.5, 0.6) is 0 Å². The van der Waals surface area contributed by atoms with Crippen molar-refractivity contribution in [1.29, 1.82) is 0 Å². The molecule has 1 saturated carbocycles. The predicted molar refractivity (Wildman–Crippen MR) is 78.3 cm³/mol. The molecular weight excluding hydrogens is 430 g/mol. The van der Waals surface area contributed by atoms with E-state index in [1.54, 1.807) is 0 Å². The maximum atomic E-state index is 6.40. The Hall–Kier alpha value is 0.540.